The second kappa shape index (κ2) is 5.85. The molecule has 4 heteroatoms. The minimum Gasteiger partial charge on any atom is -0.497 e. The second-order valence-corrected chi connectivity index (χ2v) is 4.92. The van der Waals surface area contributed by atoms with Crippen LogP contribution in [-0.2, 0) is 9.53 Å². The molecule has 4 nitrogen and oxygen atoms in total. The predicted molar refractivity (Wildman–Crippen MR) is 84.8 cm³/mol. The first-order valence-corrected chi connectivity index (χ1v) is 6.90. The molecule has 1 aliphatic heterocycles. The molecular weight excluding hydrogens is 278 g/mol. The first-order valence-electron chi connectivity index (χ1n) is 6.90. The monoisotopic (exact) mass is 293 g/mol. The Balaban J connectivity index is 1.92. The lowest BCUT2D eigenvalue weighted by Crippen LogP contribution is -2.06. The highest BCUT2D eigenvalue weighted by Gasteiger charge is 2.24. The molecule has 0 aliphatic carbocycles. The summed E-state index contributed by atoms with van der Waals surface area (Å²) in [4.78, 5) is 16.3. The number of ether oxygens (including phenoxy) is 2. The number of cyclic esters (lactones) is 1. The first-order chi connectivity index (χ1) is 10.7. The predicted octanol–water partition coefficient (Wildman–Crippen LogP) is 3.35. The van der Waals surface area contributed by atoms with Gasteiger partial charge in [-0.25, -0.2) is 9.79 Å². The molecule has 1 heterocycles. The van der Waals surface area contributed by atoms with Crippen molar-refractivity contribution in [3.8, 4) is 5.75 Å². The van der Waals surface area contributed by atoms with E-state index in [1.54, 1.807) is 13.2 Å². The molecule has 0 N–H and O–H groups in total. The van der Waals surface area contributed by atoms with E-state index in [9.17, 15) is 4.79 Å². The van der Waals surface area contributed by atoms with Crippen molar-refractivity contribution in [1.29, 1.82) is 0 Å². The van der Waals surface area contributed by atoms with Crippen molar-refractivity contribution in [2.24, 2.45) is 4.99 Å². The lowest BCUT2D eigenvalue weighted by atomic mass is 10.1. The van der Waals surface area contributed by atoms with Crippen LogP contribution in [0.1, 0.15) is 16.7 Å². The van der Waals surface area contributed by atoms with Gasteiger partial charge in [0.1, 0.15) is 5.75 Å². The number of methoxy groups -OCH3 is 1. The molecule has 2 aromatic rings. The SMILES string of the molecule is COc1ccc(/C=C2/N=C(c3ccccc3C)OC2=O)cc1. The lowest BCUT2D eigenvalue weighted by Gasteiger charge is -2.02. The van der Waals surface area contributed by atoms with Crippen molar-refractivity contribution in [3.05, 3.63) is 70.9 Å². The van der Waals surface area contributed by atoms with E-state index in [0.29, 0.717) is 11.6 Å². The normalized spacial score (nSPS) is 15.6. The molecule has 1 aliphatic rings. The third kappa shape index (κ3) is 2.76. The van der Waals surface area contributed by atoms with E-state index in [2.05, 4.69) is 4.99 Å². The van der Waals surface area contributed by atoms with Gasteiger partial charge in [0.25, 0.3) is 0 Å². The highest BCUT2D eigenvalue weighted by molar-refractivity contribution is 6.13. The van der Waals surface area contributed by atoms with Crippen LogP contribution in [0.15, 0.2) is 59.2 Å². The van der Waals surface area contributed by atoms with Gasteiger partial charge in [0.15, 0.2) is 5.70 Å². The van der Waals surface area contributed by atoms with Gasteiger partial charge >= 0.3 is 5.97 Å². The molecule has 22 heavy (non-hydrogen) atoms. The Labute approximate surface area is 128 Å². The molecule has 0 atom stereocenters. The van der Waals surface area contributed by atoms with Gasteiger partial charge in [0.05, 0.1) is 7.11 Å². The van der Waals surface area contributed by atoms with Crippen LogP contribution in [0.4, 0.5) is 0 Å². The summed E-state index contributed by atoms with van der Waals surface area (Å²) in [7, 11) is 1.61. The Hall–Kier alpha value is -2.88. The fourth-order valence-corrected chi connectivity index (χ4v) is 2.20. The van der Waals surface area contributed by atoms with Gasteiger partial charge < -0.3 is 9.47 Å². The number of carbonyl (C=O) groups excluding carboxylic acids is 1. The number of hydrogen-bond donors (Lipinski definition) is 0. The molecule has 0 unspecified atom stereocenters. The Kier molecular flexibility index (Phi) is 3.74. The summed E-state index contributed by atoms with van der Waals surface area (Å²) >= 11 is 0. The number of carbonyl (C=O) groups is 1. The average molecular weight is 293 g/mol. The van der Waals surface area contributed by atoms with Gasteiger partial charge in [-0.05, 0) is 42.3 Å². The van der Waals surface area contributed by atoms with E-state index >= 15 is 0 Å². The van der Waals surface area contributed by atoms with Gasteiger partial charge in [-0.3, -0.25) is 0 Å². The van der Waals surface area contributed by atoms with Gasteiger partial charge in [-0.1, -0.05) is 30.3 Å². The van der Waals surface area contributed by atoms with Gasteiger partial charge in [0.2, 0.25) is 5.90 Å². The third-order valence-corrected chi connectivity index (χ3v) is 3.42. The first kappa shape index (κ1) is 14.1. The van der Waals surface area contributed by atoms with Crippen LogP contribution in [0.5, 0.6) is 5.75 Å². The highest BCUT2D eigenvalue weighted by atomic mass is 16.6. The van der Waals surface area contributed by atoms with E-state index in [4.69, 9.17) is 9.47 Å². The quantitative estimate of drug-likeness (QED) is 0.644. The van der Waals surface area contributed by atoms with E-state index in [1.165, 1.54) is 0 Å². The molecule has 2 aromatic carbocycles. The fourth-order valence-electron chi connectivity index (χ4n) is 2.20. The maximum atomic E-state index is 12.0. The zero-order valence-electron chi connectivity index (χ0n) is 12.4. The van der Waals surface area contributed by atoms with E-state index < -0.39 is 5.97 Å². The summed E-state index contributed by atoms with van der Waals surface area (Å²) in [6, 6.07) is 15.1. The Bertz CT molecular complexity index is 773. The van der Waals surface area contributed by atoms with Crippen molar-refractivity contribution in [2.45, 2.75) is 6.92 Å². The number of aliphatic imine (C=N–C) groups is 1. The number of hydrogen-bond acceptors (Lipinski definition) is 4. The number of esters is 1. The number of rotatable bonds is 3. The molecule has 0 radical (unpaired) electrons. The largest absolute Gasteiger partial charge is 0.497 e. The Morgan fingerprint density at radius 3 is 2.50 bits per heavy atom. The van der Waals surface area contributed by atoms with E-state index in [1.807, 2.05) is 55.5 Å². The zero-order valence-corrected chi connectivity index (χ0v) is 12.4. The summed E-state index contributed by atoms with van der Waals surface area (Å²) in [5.74, 6) is 0.678. The smallest absolute Gasteiger partial charge is 0.363 e. The van der Waals surface area contributed by atoms with Crippen molar-refractivity contribution >= 4 is 17.9 Å². The number of nitrogens with zero attached hydrogens (tertiary/aromatic N) is 1. The minimum absolute atomic E-state index is 0.295. The van der Waals surface area contributed by atoms with Crippen molar-refractivity contribution in [1.82, 2.24) is 0 Å². The van der Waals surface area contributed by atoms with Gasteiger partial charge in [-0.15, -0.1) is 0 Å². The molecule has 3 rings (SSSR count). The number of aryl methyl sites for hydroxylation is 1. The maximum Gasteiger partial charge on any atom is 0.363 e. The molecule has 110 valence electrons. The summed E-state index contributed by atoms with van der Waals surface area (Å²) in [6.07, 6.45) is 1.70. The van der Waals surface area contributed by atoms with Crippen molar-refractivity contribution in [2.75, 3.05) is 7.11 Å². The Morgan fingerprint density at radius 1 is 1.09 bits per heavy atom. The van der Waals surface area contributed by atoms with Crippen LogP contribution < -0.4 is 4.74 Å². The highest BCUT2D eigenvalue weighted by Crippen LogP contribution is 2.21. The molecule has 0 bridgehead atoms. The summed E-state index contributed by atoms with van der Waals surface area (Å²) < 4.78 is 10.4. The van der Waals surface area contributed by atoms with Gasteiger partial charge in [-0.2, -0.15) is 0 Å². The molecule has 0 aromatic heterocycles. The van der Waals surface area contributed by atoms with Crippen LogP contribution in [0, 0.1) is 6.92 Å². The maximum absolute atomic E-state index is 12.0. The summed E-state index contributed by atoms with van der Waals surface area (Å²) in [5, 5.41) is 0. The van der Waals surface area contributed by atoms with E-state index in [-0.39, 0.29) is 0 Å². The molecule has 0 saturated heterocycles. The molecule has 0 saturated carbocycles. The van der Waals surface area contributed by atoms with Crippen LogP contribution in [0.3, 0.4) is 0 Å². The molecule has 0 amide bonds. The van der Waals surface area contributed by atoms with Crippen molar-refractivity contribution < 1.29 is 14.3 Å². The van der Waals surface area contributed by atoms with E-state index in [0.717, 1.165) is 22.4 Å². The minimum atomic E-state index is -0.436. The van der Waals surface area contributed by atoms with Crippen LogP contribution in [0.2, 0.25) is 0 Å². The van der Waals surface area contributed by atoms with Crippen LogP contribution >= 0.6 is 0 Å². The fraction of sp³-hybridized carbons (Fsp3) is 0.111. The summed E-state index contributed by atoms with van der Waals surface area (Å²) in [5.41, 5.74) is 3.00. The standard InChI is InChI=1S/C18H15NO3/c1-12-5-3-4-6-15(12)17-19-16(18(20)22-17)11-13-7-9-14(21-2)10-8-13/h3-11H,1-2H3/b16-11+. The number of benzene rings is 2. The third-order valence-electron chi connectivity index (χ3n) is 3.42. The molecule has 0 fully saturated rings. The van der Waals surface area contributed by atoms with Crippen LogP contribution in [-0.4, -0.2) is 19.0 Å². The summed E-state index contributed by atoms with van der Waals surface area (Å²) in [6.45, 7) is 1.96. The lowest BCUT2D eigenvalue weighted by molar-refractivity contribution is -0.129. The molecule has 0 spiro atoms. The molecular formula is C18H15NO3. The Morgan fingerprint density at radius 2 is 1.82 bits per heavy atom. The zero-order chi connectivity index (χ0) is 15.5. The topological polar surface area (TPSA) is 47.9 Å². The van der Waals surface area contributed by atoms with Gasteiger partial charge in [0, 0.05) is 5.56 Å². The van der Waals surface area contributed by atoms with Crippen LogP contribution in [0.25, 0.3) is 6.08 Å². The average Bonchev–Trinajstić information content (AvgIpc) is 2.89. The second-order valence-electron chi connectivity index (χ2n) is 4.92. The van der Waals surface area contributed by atoms with Crippen molar-refractivity contribution in [3.63, 3.8) is 0 Å².